The Morgan fingerprint density at radius 2 is 1.48 bits per heavy atom. The summed E-state index contributed by atoms with van der Waals surface area (Å²) in [6, 6.07) is 0.832. The number of amides is 2. The van der Waals surface area contributed by atoms with Crippen molar-refractivity contribution in [3.63, 3.8) is 0 Å². The predicted octanol–water partition coefficient (Wildman–Crippen LogP) is 8.12. The molecule has 0 saturated carbocycles. The Balaban J connectivity index is 2.45. The highest BCUT2D eigenvalue weighted by Gasteiger charge is 2.41. The first-order chi connectivity index (χ1) is 18.1. The van der Waals surface area contributed by atoms with E-state index in [1.165, 1.54) is 5.32 Å². The van der Waals surface area contributed by atoms with Crippen LogP contribution < -0.4 is 10.6 Å². The average molecular weight is 648 g/mol. The maximum atomic E-state index is 14.9. The number of allylic oxidation sites excluding steroid dienone is 1. The van der Waals surface area contributed by atoms with E-state index in [4.69, 9.17) is 34.8 Å². The minimum Gasteiger partial charge on any atom is -0.345 e. The maximum absolute atomic E-state index is 14.9. The van der Waals surface area contributed by atoms with Gasteiger partial charge in [0.25, 0.3) is 5.91 Å². The van der Waals surface area contributed by atoms with Gasteiger partial charge in [-0.25, -0.2) is 4.39 Å². The fraction of sp³-hybridized carbons (Fsp3) is 0.304. The molecule has 2 amide bonds. The fourth-order valence-corrected chi connectivity index (χ4v) is 3.80. The molecule has 2 N–H and O–H groups in total. The Morgan fingerprint density at radius 3 is 1.95 bits per heavy atom. The van der Waals surface area contributed by atoms with Crippen LogP contribution in [0.5, 0.6) is 0 Å². The van der Waals surface area contributed by atoms with Crippen LogP contribution in [0.25, 0.3) is 5.83 Å². The number of benzene rings is 2. The van der Waals surface area contributed by atoms with Gasteiger partial charge in [0.15, 0.2) is 0 Å². The topological polar surface area (TPSA) is 58.2 Å². The Morgan fingerprint density at radius 1 is 0.925 bits per heavy atom. The monoisotopic (exact) mass is 646 g/mol. The number of hydrogen-bond donors (Lipinski definition) is 2. The van der Waals surface area contributed by atoms with Crippen LogP contribution in [0.3, 0.4) is 0 Å². The lowest BCUT2D eigenvalue weighted by Crippen LogP contribution is -2.47. The molecule has 0 fully saturated rings. The normalized spacial score (nSPS) is 14.5. The van der Waals surface area contributed by atoms with Crippen molar-refractivity contribution in [2.24, 2.45) is 0 Å². The fourth-order valence-electron chi connectivity index (χ4n) is 3.18. The second-order valence-corrected chi connectivity index (χ2v) is 9.31. The van der Waals surface area contributed by atoms with Crippen molar-refractivity contribution in [2.45, 2.75) is 37.4 Å². The zero-order valence-corrected chi connectivity index (χ0v) is 21.8. The van der Waals surface area contributed by atoms with E-state index < -0.39 is 87.0 Å². The predicted molar refractivity (Wildman–Crippen MR) is 127 cm³/mol. The summed E-state index contributed by atoms with van der Waals surface area (Å²) in [6.07, 6.45) is -15.3. The molecule has 0 aromatic heterocycles. The molecule has 220 valence electrons. The zero-order valence-electron chi connectivity index (χ0n) is 19.6. The minimum atomic E-state index is -5.34. The number of halogens is 13. The number of carbonyl (C=O) groups excluding carboxylic acids is 2. The minimum absolute atomic E-state index is 0.0296. The molecule has 0 saturated heterocycles. The molecular weight excluding hydrogens is 633 g/mol. The number of carbonyl (C=O) groups is 2. The first-order valence-corrected chi connectivity index (χ1v) is 11.7. The lowest BCUT2D eigenvalue weighted by atomic mass is 9.95. The lowest BCUT2D eigenvalue weighted by molar-refractivity contribution is -0.140. The Bertz CT molecular complexity index is 1280. The van der Waals surface area contributed by atoms with Gasteiger partial charge in [0.1, 0.15) is 24.3 Å². The van der Waals surface area contributed by atoms with E-state index in [9.17, 15) is 53.5 Å². The van der Waals surface area contributed by atoms with Gasteiger partial charge in [-0.1, -0.05) is 40.9 Å². The summed E-state index contributed by atoms with van der Waals surface area (Å²) in [5, 5.41) is 2.12. The van der Waals surface area contributed by atoms with Crippen molar-refractivity contribution >= 4 is 52.4 Å². The van der Waals surface area contributed by atoms with Crippen LogP contribution in [0.1, 0.15) is 39.9 Å². The van der Waals surface area contributed by atoms with Gasteiger partial charge in [-0.05, 0) is 42.8 Å². The van der Waals surface area contributed by atoms with Crippen molar-refractivity contribution in [2.75, 3.05) is 6.54 Å². The Labute approximate surface area is 234 Å². The highest BCUT2D eigenvalue weighted by molar-refractivity contribution is 6.48. The van der Waals surface area contributed by atoms with E-state index in [0.717, 1.165) is 19.1 Å². The molecule has 2 atom stereocenters. The summed E-state index contributed by atoms with van der Waals surface area (Å²) in [5.74, 6) is -7.43. The largest absolute Gasteiger partial charge is 0.417 e. The molecule has 0 aliphatic heterocycles. The summed E-state index contributed by atoms with van der Waals surface area (Å²) in [4.78, 5) is 24.1. The van der Waals surface area contributed by atoms with Crippen LogP contribution >= 0.6 is 34.8 Å². The first kappa shape index (κ1) is 33.5. The molecule has 2 aromatic rings. The van der Waals surface area contributed by atoms with Crippen molar-refractivity contribution in [3.8, 4) is 0 Å². The number of alkyl halides is 9. The van der Waals surface area contributed by atoms with E-state index in [1.807, 2.05) is 0 Å². The van der Waals surface area contributed by atoms with Crippen molar-refractivity contribution in [3.05, 3.63) is 73.7 Å². The zero-order chi connectivity index (χ0) is 30.8. The van der Waals surface area contributed by atoms with Crippen LogP contribution in [-0.2, 0) is 11.0 Å². The molecule has 40 heavy (non-hydrogen) atoms. The lowest BCUT2D eigenvalue weighted by Gasteiger charge is -2.20. The third kappa shape index (κ3) is 8.90. The molecule has 0 spiro atoms. The Kier molecular flexibility index (Phi) is 10.4. The van der Waals surface area contributed by atoms with E-state index >= 15 is 0 Å². The molecule has 4 nitrogen and oxygen atoms in total. The van der Waals surface area contributed by atoms with Gasteiger partial charge in [-0.3, -0.25) is 9.59 Å². The summed E-state index contributed by atoms with van der Waals surface area (Å²) in [6.45, 7) is -0.881. The van der Waals surface area contributed by atoms with Gasteiger partial charge in [-0.15, -0.1) is 0 Å². The number of nitrogens with one attached hydrogen (secondary N) is 2. The summed E-state index contributed by atoms with van der Waals surface area (Å²) < 4.78 is 134. The molecule has 2 aromatic carbocycles. The first-order valence-electron chi connectivity index (χ1n) is 10.6. The van der Waals surface area contributed by atoms with Crippen LogP contribution in [0, 0.1) is 0 Å². The van der Waals surface area contributed by atoms with Crippen molar-refractivity contribution in [1.82, 2.24) is 10.6 Å². The van der Waals surface area contributed by atoms with Gasteiger partial charge in [0.05, 0.1) is 26.2 Å². The second kappa shape index (κ2) is 12.4. The van der Waals surface area contributed by atoms with Crippen molar-refractivity contribution in [1.29, 1.82) is 0 Å². The summed E-state index contributed by atoms with van der Waals surface area (Å²) in [5.41, 5.74) is -4.65. The molecule has 0 heterocycles. The summed E-state index contributed by atoms with van der Waals surface area (Å²) >= 11 is 17.2. The van der Waals surface area contributed by atoms with Gasteiger partial charge in [0.2, 0.25) is 5.91 Å². The molecule has 1 unspecified atom stereocenters. The quantitative estimate of drug-likeness (QED) is 0.236. The number of hydrogen-bond acceptors (Lipinski definition) is 2. The standard InChI is InChI=1S/C23H15Cl3F10N2O2/c1-9(19(39)37-8-21(28,29)30)38-20(40)12-3-2-10(4-14(12)23(34,35)36)17(27)7-13(22(31,32)33)11-5-15(24)18(26)16(25)6-11/h2-7,9,13H,8H2,1H3,(H,37,39)(H,38,40)/b17-7-/t9-,13?/m1/s1. The van der Waals surface area contributed by atoms with E-state index in [1.54, 1.807) is 5.32 Å². The van der Waals surface area contributed by atoms with Crippen LogP contribution in [0.4, 0.5) is 43.9 Å². The summed E-state index contributed by atoms with van der Waals surface area (Å²) in [7, 11) is 0. The average Bonchev–Trinajstić information content (AvgIpc) is 2.81. The Hall–Kier alpha value is -2.71. The molecule has 0 aliphatic carbocycles. The van der Waals surface area contributed by atoms with E-state index in [2.05, 4.69) is 0 Å². The van der Waals surface area contributed by atoms with E-state index in [0.29, 0.717) is 12.1 Å². The molecule has 2 rings (SSSR count). The van der Waals surface area contributed by atoms with Crippen molar-refractivity contribution < 1.29 is 53.5 Å². The molecular formula is C23H15Cl3F10N2O2. The van der Waals surface area contributed by atoms with Gasteiger partial charge < -0.3 is 10.6 Å². The third-order valence-corrected chi connectivity index (χ3v) is 6.28. The smallest absolute Gasteiger partial charge is 0.345 e. The van der Waals surface area contributed by atoms with E-state index in [-0.39, 0.29) is 17.2 Å². The maximum Gasteiger partial charge on any atom is 0.417 e. The highest BCUT2D eigenvalue weighted by Crippen LogP contribution is 2.42. The van der Waals surface area contributed by atoms with Crippen LogP contribution in [-0.4, -0.2) is 36.8 Å². The molecule has 0 bridgehead atoms. The SMILES string of the molecule is C[C@@H](NC(=O)c1ccc(/C(F)=C/C(c2cc(Cl)c(Cl)c(Cl)c2)C(F)(F)F)cc1C(F)(F)F)C(=O)NCC(F)(F)F. The van der Waals surface area contributed by atoms with Gasteiger partial charge in [0, 0.05) is 5.56 Å². The highest BCUT2D eigenvalue weighted by atomic mass is 35.5. The van der Waals surface area contributed by atoms with Gasteiger partial charge in [-0.2, -0.15) is 39.5 Å². The molecule has 0 radical (unpaired) electrons. The third-order valence-electron chi connectivity index (χ3n) is 5.08. The number of rotatable bonds is 7. The van der Waals surface area contributed by atoms with Gasteiger partial charge >= 0.3 is 18.5 Å². The van der Waals surface area contributed by atoms with Crippen LogP contribution in [0.2, 0.25) is 15.1 Å². The second-order valence-electron chi connectivity index (χ2n) is 8.12. The molecule has 17 heteroatoms. The molecule has 0 aliphatic rings. The van der Waals surface area contributed by atoms with Crippen LogP contribution in [0.15, 0.2) is 36.4 Å².